The highest BCUT2D eigenvalue weighted by Crippen LogP contribution is 2.12. The molecule has 0 aliphatic rings. The van der Waals surface area contributed by atoms with E-state index in [1.54, 1.807) is 6.92 Å². The Kier molecular flexibility index (Phi) is 4.62. The third-order valence-corrected chi connectivity index (χ3v) is 2.08. The van der Waals surface area contributed by atoms with E-state index in [1.165, 1.54) is 6.07 Å². The van der Waals surface area contributed by atoms with Crippen molar-refractivity contribution < 1.29 is 13.9 Å². The van der Waals surface area contributed by atoms with Crippen molar-refractivity contribution in [1.82, 2.24) is 0 Å². The lowest BCUT2D eigenvalue weighted by molar-refractivity contribution is -0.117. The molecule has 0 amide bonds. The van der Waals surface area contributed by atoms with E-state index in [9.17, 15) is 9.18 Å². The molecular formula is C12H11FNO2. The molecule has 0 aliphatic carbocycles. The fourth-order valence-electron chi connectivity index (χ4n) is 1.35. The van der Waals surface area contributed by atoms with Crippen molar-refractivity contribution in [2.45, 2.75) is 19.4 Å². The maximum absolute atomic E-state index is 12.8. The van der Waals surface area contributed by atoms with Gasteiger partial charge in [-0.1, -0.05) is 0 Å². The summed E-state index contributed by atoms with van der Waals surface area (Å²) in [6.45, 7) is 2.19. The fourth-order valence-corrected chi connectivity index (χ4v) is 1.35. The zero-order chi connectivity index (χ0) is 12.0. The molecule has 1 radical (unpaired) electrons. The van der Waals surface area contributed by atoms with Gasteiger partial charge in [0, 0.05) is 19.1 Å². The lowest BCUT2D eigenvalue weighted by Gasteiger charge is -2.11. The van der Waals surface area contributed by atoms with Crippen LogP contribution in [0.25, 0.3) is 0 Å². The normalized spacial score (nSPS) is 11.8. The molecule has 0 saturated heterocycles. The van der Waals surface area contributed by atoms with Gasteiger partial charge in [-0.25, -0.2) is 4.39 Å². The van der Waals surface area contributed by atoms with E-state index in [1.807, 2.05) is 6.07 Å². The SMILES string of the molecule is CCOC(C=O)Cc1c[c]c(F)cc1C#N. The number of benzene rings is 1. The first-order chi connectivity index (χ1) is 7.71. The average Bonchev–Trinajstić information content (AvgIpc) is 2.30. The summed E-state index contributed by atoms with van der Waals surface area (Å²) in [7, 11) is 0. The van der Waals surface area contributed by atoms with Crippen LogP contribution in [0.1, 0.15) is 18.1 Å². The van der Waals surface area contributed by atoms with Gasteiger partial charge in [-0.2, -0.15) is 5.26 Å². The Labute approximate surface area is 93.5 Å². The molecule has 0 spiro atoms. The number of aldehydes is 1. The number of rotatable bonds is 5. The number of carbonyl (C=O) groups is 1. The number of nitriles is 1. The van der Waals surface area contributed by atoms with Crippen LogP contribution in [0.2, 0.25) is 0 Å². The van der Waals surface area contributed by atoms with Gasteiger partial charge in [0.15, 0.2) is 0 Å². The van der Waals surface area contributed by atoms with E-state index in [-0.39, 0.29) is 12.0 Å². The highest BCUT2D eigenvalue weighted by Gasteiger charge is 2.11. The molecule has 0 saturated carbocycles. The summed E-state index contributed by atoms with van der Waals surface area (Å²) in [5, 5.41) is 8.80. The highest BCUT2D eigenvalue weighted by atomic mass is 19.1. The van der Waals surface area contributed by atoms with Crippen LogP contribution in [0.15, 0.2) is 12.1 Å². The van der Waals surface area contributed by atoms with E-state index >= 15 is 0 Å². The topological polar surface area (TPSA) is 50.1 Å². The summed E-state index contributed by atoms with van der Waals surface area (Å²) in [5.74, 6) is -0.584. The van der Waals surface area contributed by atoms with E-state index in [4.69, 9.17) is 10.00 Å². The molecule has 0 N–H and O–H groups in total. The first-order valence-corrected chi connectivity index (χ1v) is 4.88. The largest absolute Gasteiger partial charge is 0.371 e. The monoisotopic (exact) mass is 220 g/mol. The van der Waals surface area contributed by atoms with Crippen LogP contribution in [0.3, 0.4) is 0 Å². The van der Waals surface area contributed by atoms with Gasteiger partial charge in [-0.15, -0.1) is 0 Å². The van der Waals surface area contributed by atoms with Crippen LogP contribution in [0, 0.1) is 23.2 Å². The molecule has 1 unspecified atom stereocenters. The lowest BCUT2D eigenvalue weighted by Crippen LogP contribution is -2.18. The van der Waals surface area contributed by atoms with Gasteiger partial charge < -0.3 is 9.53 Å². The molecule has 0 heterocycles. The van der Waals surface area contributed by atoms with Crippen molar-refractivity contribution in [2.75, 3.05) is 6.61 Å². The summed E-state index contributed by atoms with van der Waals surface area (Å²) in [6.07, 6.45) is 0.335. The van der Waals surface area contributed by atoms with Crippen LogP contribution in [0.5, 0.6) is 0 Å². The third kappa shape index (κ3) is 3.14. The maximum Gasteiger partial charge on any atom is 0.149 e. The van der Waals surface area contributed by atoms with Crippen molar-refractivity contribution in [1.29, 1.82) is 5.26 Å². The van der Waals surface area contributed by atoms with E-state index in [2.05, 4.69) is 6.07 Å². The number of halogens is 1. The minimum atomic E-state index is -0.601. The van der Waals surface area contributed by atoms with Gasteiger partial charge in [0.25, 0.3) is 0 Å². The highest BCUT2D eigenvalue weighted by molar-refractivity contribution is 5.57. The smallest absolute Gasteiger partial charge is 0.149 e. The Bertz CT molecular complexity index is 412. The zero-order valence-electron chi connectivity index (χ0n) is 8.87. The van der Waals surface area contributed by atoms with Crippen LogP contribution < -0.4 is 0 Å². The average molecular weight is 220 g/mol. The Morgan fingerprint density at radius 3 is 3.06 bits per heavy atom. The minimum absolute atomic E-state index is 0.211. The molecule has 0 aliphatic heterocycles. The maximum atomic E-state index is 12.8. The molecule has 4 heteroatoms. The van der Waals surface area contributed by atoms with Gasteiger partial charge in [0.05, 0.1) is 11.6 Å². The third-order valence-electron chi connectivity index (χ3n) is 2.08. The first-order valence-electron chi connectivity index (χ1n) is 4.88. The molecule has 0 aromatic heterocycles. The number of hydrogen-bond donors (Lipinski definition) is 0. The molecular weight excluding hydrogens is 209 g/mol. The van der Waals surface area contributed by atoms with Crippen molar-refractivity contribution >= 4 is 6.29 Å². The van der Waals surface area contributed by atoms with Crippen molar-refractivity contribution in [3.8, 4) is 6.07 Å². The first kappa shape index (κ1) is 12.3. The molecule has 1 atom stereocenters. The van der Waals surface area contributed by atoms with Gasteiger partial charge in [-0.3, -0.25) is 0 Å². The summed E-state index contributed by atoms with van der Waals surface area (Å²) >= 11 is 0. The lowest BCUT2D eigenvalue weighted by atomic mass is 10.0. The summed E-state index contributed by atoms with van der Waals surface area (Å²) in [6, 6.07) is 6.71. The van der Waals surface area contributed by atoms with Crippen LogP contribution in [-0.4, -0.2) is 19.0 Å². The van der Waals surface area contributed by atoms with Crippen molar-refractivity contribution in [3.63, 3.8) is 0 Å². The molecule has 0 fully saturated rings. The second-order valence-corrected chi connectivity index (χ2v) is 3.17. The quantitative estimate of drug-likeness (QED) is 0.709. The second-order valence-electron chi connectivity index (χ2n) is 3.17. The Balaban J connectivity index is 2.88. The predicted molar refractivity (Wildman–Crippen MR) is 55.1 cm³/mol. The number of ether oxygens (including phenoxy) is 1. The van der Waals surface area contributed by atoms with Crippen molar-refractivity contribution in [2.24, 2.45) is 0 Å². The Morgan fingerprint density at radius 2 is 2.50 bits per heavy atom. The predicted octanol–water partition coefficient (Wildman–Crippen LogP) is 1.64. The zero-order valence-corrected chi connectivity index (χ0v) is 8.87. The molecule has 1 aromatic carbocycles. The van der Waals surface area contributed by atoms with Gasteiger partial charge in [0.2, 0.25) is 0 Å². The van der Waals surface area contributed by atoms with Crippen LogP contribution in [-0.2, 0) is 16.0 Å². The summed E-state index contributed by atoms with van der Waals surface area (Å²) in [5.41, 5.74) is 0.775. The van der Waals surface area contributed by atoms with Gasteiger partial charge in [-0.05, 0) is 24.6 Å². The fraction of sp³-hybridized carbons (Fsp3) is 0.333. The van der Waals surface area contributed by atoms with E-state index in [0.717, 1.165) is 6.07 Å². The number of nitrogens with zero attached hydrogens (tertiary/aromatic N) is 1. The molecule has 1 rings (SSSR count). The number of carbonyl (C=O) groups excluding carboxylic acids is 1. The number of hydrogen-bond acceptors (Lipinski definition) is 3. The molecule has 1 aromatic rings. The molecule has 3 nitrogen and oxygen atoms in total. The molecule has 16 heavy (non-hydrogen) atoms. The van der Waals surface area contributed by atoms with E-state index in [0.29, 0.717) is 18.5 Å². The molecule has 83 valence electrons. The van der Waals surface area contributed by atoms with Crippen LogP contribution in [0.4, 0.5) is 4.39 Å². The van der Waals surface area contributed by atoms with E-state index < -0.39 is 11.9 Å². The minimum Gasteiger partial charge on any atom is -0.371 e. The Morgan fingerprint density at radius 1 is 1.75 bits per heavy atom. The summed E-state index contributed by atoms with van der Waals surface area (Å²) < 4.78 is 17.9. The van der Waals surface area contributed by atoms with Gasteiger partial charge >= 0.3 is 0 Å². The van der Waals surface area contributed by atoms with Crippen molar-refractivity contribution in [3.05, 3.63) is 35.1 Å². The summed E-state index contributed by atoms with van der Waals surface area (Å²) in [4.78, 5) is 10.7. The standard InChI is InChI=1S/C12H11FNO2/c1-2-16-12(8-15)6-9-3-4-11(13)5-10(9)7-14/h3,5,8,12H,2,6H2,1H3. The molecule has 0 bridgehead atoms. The van der Waals surface area contributed by atoms with Crippen LogP contribution >= 0.6 is 0 Å². The van der Waals surface area contributed by atoms with Gasteiger partial charge in [0.1, 0.15) is 18.2 Å². The second kappa shape index (κ2) is 5.99. The Hall–Kier alpha value is -1.73.